The van der Waals surface area contributed by atoms with Gasteiger partial charge in [-0.2, -0.15) is 15.0 Å². The maximum Gasteiger partial charge on any atom is 0.257 e. The predicted molar refractivity (Wildman–Crippen MR) is 115 cm³/mol. The maximum atomic E-state index is 13.7. The Bertz CT molecular complexity index is 1010. The number of hydrogen-bond donors (Lipinski definition) is 0. The predicted octanol–water partition coefficient (Wildman–Crippen LogP) is 4.24. The van der Waals surface area contributed by atoms with Gasteiger partial charge < -0.3 is 4.90 Å². The van der Waals surface area contributed by atoms with Gasteiger partial charge >= 0.3 is 0 Å². The van der Waals surface area contributed by atoms with E-state index in [4.69, 9.17) is 23.2 Å². The van der Waals surface area contributed by atoms with E-state index < -0.39 is 0 Å². The average Bonchev–Trinajstić information content (AvgIpc) is 3.28. The molecule has 1 saturated heterocycles. The van der Waals surface area contributed by atoms with Crippen LogP contribution in [-0.2, 0) is 6.42 Å². The standard InChI is InChI=1S/C21H22Cl2N6O/c1-14-4-3-11-28(17(14)7-8-19-24-12-15(22)13-25-19)21(30)20-16(23)5-2-6-18(20)29-26-9-10-27-29/h2,5-6,9-10,12-14,17H,3-4,7-8,11H2,1H3/t14-,17-/m1/s1. The van der Waals surface area contributed by atoms with Crippen molar-refractivity contribution in [3.05, 3.63) is 64.4 Å². The molecule has 0 spiro atoms. The average molecular weight is 445 g/mol. The number of aromatic nitrogens is 5. The van der Waals surface area contributed by atoms with Crippen LogP contribution in [-0.4, -0.2) is 48.4 Å². The van der Waals surface area contributed by atoms with Crippen LogP contribution in [0.2, 0.25) is 10.0 Å². The van der Waals surface area contributed by atoms with E-state index in [-0.39, 0.29) is 11.9 Å². The first-order valence-electron chi connectivity index (χ1n) is 9.97. The van der Waals surface area contributed by atoms with Crippen molar-refractivity contribution in [2.45, 2.75) is 38.6 Å². The van der Waals surface area contributed by atoms with E-state index in [9.17, 15) is 4.79 Å². The number of carbonyl (C=O) groups is 1. The number of aryl methyl sites for hydroxylation is 1. The van der Waals surface area contributed by atoms with Crippen molar-refractivity contribution in [2.75, 3.05) is 6.54 Å². The van der Waals surface area contributed by atoms with Gasteiger partial charge in [0.05, 0.1) is 33.7 Å². The van der Waals surface area contributed by atoms with Gasteiger partial charge in [-0.1, -0.05) is 36.2 Å². The zero-order valence-electron chi connectivity index (χ0n) is 16.6. The molecular weight excluding hydrogens is 423 g/mol. The van der Waals surface area contributed by atoms with Gasteiger partial charge in [0, 0.05) is 31.4 Å². The van der Waals surface area contributed by atoms with Crippen LogP contribution < -0.4 is 0 Å². The van der Waals surface area contributed by atoms with E-state index >= 15 is 0 Å². The Kier molecular flexibility index (Phi) is 6.29. The molecule has 1 aromatic carbocycles. The van der Waals surface area contributed by atoms with Crippen molar-refractivity contribution < 1.29 is 4.79 Å². The fourth-order valence-corrected chi connectivity index (χ4v) is 4.41. The Morgan fingerprint density at radius 3 is 2.63 bits per heavy atom. The SMILES string of the molecule is C[C@@H]1CCCN(C(=O)c2c(Cl)cccc2-n2nccn2)[C@@H]1CCc1ncc(Cl)cn1. The van der Waals surface area contributed by atoms with Crippen LogP contribution in [0.5, 0.6) is 0 Å². The molecule has 1 fully saturated rings. The molecule has 30 heavy (non-hydrogen) atoms. The summed E-state index contributed by atoms with van der Waals surface area (Å²) in [6.07, 6.45) is 9.83. The molecule has 156 valence electrons. The molecule has 0 unspecified atom stereocenters. The van der Waals surface area contributed by atoms with Crippen LogP contribution in [0.25, 0.3) is 5.69 Å². The van der Waals surface area contributed by atoms with E-state index in [1.54, 1.807) is 36.9 Å². The minimum absolute atomic E-state index is 0.0697. The van der Waals surface area contributed by atoms with Crippen LogP contribution in [0.15, 0.2) is 43.0 Å². The molecule has 0 N–H and O–H groups in total. The highest BCUT2D eigenvalue weighted by Gasteiger charge is 2.34. The van der Waals surface area contributed by atoms with E-state index in [1.165, 1.54) is 4.80 Å². The number of nitrogens with zero attached hydrogens (tertiary/aromatic N) is 6. The molecule has 1 amide bonds. The van der Waals surface area contributed by atoms with E-state index in [2.05, 4.69) is 27.1 Å². The second-order valence-electron chi connectivity index (χ2n) is 7.49. The molecule has 2 aromatic heterocycles. The first-order chi connectivity index (χ1) is 14.5. The quantitative estimate of drug-likeness (QED) is 0.587. The van der Waals surface area contributed by atoms with Crippen molar-refractivity contribution >= 4 is 29.1 Å². The summed E-state index contributed by atoms with van der Waals surface area (Å²) in [5.74, 6) is 0.994. The summed E-state index contributed by atoms with van der Waals surface area (Å²) in [6, 6.07) is 5.40. The molecule has 0 radical (unpaired) electrons. The van der Waals surface area contributed by atoms with Gasteiger partial charge in [0.1, 0.15) is 5.82 Å². The third-order valence-corrected chi connectivity index (χ3v) is 6.06. The Labute approximate surface area is 185 Å². The molecule has 0 aliphatic carbocycles. The van der Waals surface area contributed by atoms with Crippen molar-refractivity contribution in [3.8, 4) is 5.69 Å². The van der Waals surface area contributed by atoms with Crippen molar-refractivity contribution in [3.63, 3.8) is 0 Å². The summed E-state index contributed by atoms with van der Waals surface area (Å²) in [7, 11) is 0. The van der Waals surface area contributed by atoms with Gasteiger partial charge in [0.2, 0.25) is 0 Å². The van der Waals surface area contributed by atoms with Crippen molar-refractivity contribution in [2.24, 2.45) is 5.92 Å². The van der Waals surface area contributed by atoms with Crippen LogP contribution in [0.3, 0.4) is 0 Å². The van der Waals surface area contributed by atoms with Crippen LogP contribution in [0, 0.1) is 5.92 Å². The van der Waals surface area contributed by atoms with Gasteiger partial charge in [-0.15, -0.1) is 0 Å². The molecule has 4 rings (SSSR count). The third kappa shape index (κ3) is 4.32. The number of piperidine rings is 1. The smallest absolute Gasteiger partial charge is 0.257 e. The second-order valence-corrected chi connectivity index (χ2v) is 8.34. The van der Waals surface area contributed by atoms with Gasteiger partial charge in [0.15, 0.2) is 0 Å². The monoisotopic (exact) mass is 444 g/mol. The van der Waals surface area contributed by atoms with Crippen molar-refractivity contribution in [1.29, 1.82) is 0 Å². The molecule has 2 atom stereocenters. The normalized spacial score (nSPS) is 19.1. The molecule has 1 aliphatic heterocycles. The number of likely N-dealkylation sites (tertiary alicyclic amines) is 1. The summed E-state index contributed by atoms with van der Waals surface area (Å²) in [5.41, 5.74) is 1.01. The van der Waals surface area contributed by atoms with Crippen LogP contribution >= 0.6 is 23.2 Å². The lowest BCUT2D eigenvalue weighted by molar-refractivity contribution is 0.0498. The lowest BCUT2D eigenvalue weighted by atomic mass is 9.87. The topological polar surface area (TPSA) is 76.8 Å². The highest BCUT2D eigenvalue weighted by atomic mass is 35.5. The molecule has 3 aromatic rings. The van der Waals surface area contributed by atoms with Crippen LogP contribution in [0.4, 0.5) is 0 Å². The summed E-state index contributed by atoms with van der Waals surface area (Å²) >= 11 is 12.4. The molecule has 3 heterocycles. The Morgan fingerprint density at radius 1 is 1.17 bits per heavy atom. The molecule has 0 bridgehead atoms. The molecule has 1 aliphatic rings. The number of halogens is 2. The lowest BCUT2D eigenvalue weighted by Crippen LogP contribution is -2.48. The number of hydrogen-bond acceptors (Lipinski definition) is 5. The summed E-state index contributed by atoms with van der Waals surface area (Å²) in [6.45, 7) is 2.88. The third-order valence-electron chi connectivity index (χ3n) is 5.55. The van der Waals surface area contributed by atoms with Gasteiger partial charge in [-0.25, -0.2) is 9.97 Å². The molecule has 0 saturated carbocycles. The fraction of sp³-hybridized carbons (Fsp3) is 0.381. The van der Waals surface area contributed by atoms with Gasteiger partial charge in [-0.05, 0) is 37.3 Å². The Hall–Kier alpha value is -2.51. The number of amides is 1. The summed E-state index contributed by atoms with van der Waals surface area (Å²) < 4.78 is 0. The number of carbonyl (C=O) groups excluding carboxylic acids is 1. The number of rotatable bonds is 5. The van der Waals surface area contributed by atoms with E-state index in [0.29, 0.717) is 40.2 Å². The largest absolute Gasteiger partial charge is 0.335 e. The number of benzene rings is 1. The summed E-state index contributed by atoms with van der Waals surface area (Å²) in [5, 5.41) is 9.27. The second kappa shape index (κ2) is 9.10. The highest BCUT2D eigenvalue weighted by molar-refractivity contribution is 6.34. The first kappa shape index (κ1) is 20.8. The highest BCUT2D eigenvalue weighted by Crippen LogP contribution is 2.31. The molecule has 9 heteroatoms. The summed E-state index contributed by atoms with van der Waals surface area (Å²) in [4.78, 5) is 25.6. The Balaban J connectivity index is 1.61. The van der Waals surface area contributed by atoms with E-state index in [1.807, 2.05) is 11.0 Å². The lowest BCUT2D eigenvalue weighted by Gasteiger charge is -2.40. The van der Waals surface area contributed by atoms with Gasteiger partial charge in [0.25, 0.3) is 5.91 Å². The maximum absolute atomic E-state index is 13.7. The zero-order valence-corrected chi connectivity index (χ0v) is 18.1. The Morgan fingerprint density at radius 2 is 1.90 bits per heavy atom. The molecular formula is C21H22Cl2N6O. The molecule has 7 nitrogen and oxygen atoms in total. The van der Waals surface area contributed by atoms with Gasteiger partial charge in [-0.3, -0.25) is 4.79 Å². The zero-order chi connectivity index (χ0) is 21.1. The van der Waals surface area contributed by atoms with Crippen LogP contribution in [0.1, 0.15) is 42.4 Å². The fourth-order valence-electron chi connectivity index (χ4n) is 4.06. The van der Waals surface area contributed by atoms with E-state index in [0.717, 1.165) is 25.1 Å². The minimum atomic E-state index is -0.0959. The first-order valence-corrected chi connectivity index (χ1v) is 10.7. The minimum Gasteiger partial charge on any atom is -0.335 e. The van der Waals surface area contributed by atoms with Crippen molar-refractivity contribution in [1.82, 2.24) is 29.9 Å².